The van der Waals surface area contributed by atoms with Crippen molar-refractivity contribution in [3.05, 3.63) is 32.9 Å². The first kappa shape index (κ1) is 10.7. The van der Waals surface area contributed by atoms with Crippen LogP contribution in [0.25, 0.3) is 0 Å². The van der Waals surface area contributed by atoms with Crippen LogP contribution < -0.4 is 0 Å². The van der Waals surface area contributed by atoms with Crippen LogP contribution in [-0.4, -0.2) is 46.7 Å². The summed E-state index contributed by atoms with van der Waals surface area (Å²) in [5, 5.41) is 27.5. The smallest absolute Gasteiger partial charge is 0.390 e. The number of rotatable bonds is 4. The Morgan fingerprint density at radius 3 is 1.71 bits per heavy atom. The van der Waals surface area contributed by atoms with Crippen molar-refractivity contribution >= 4 is 19.4 Å². The van der Waals surface area contributed by atoms with Gasteiger partial charge in [0.25, 0.3) is 0 Å². The van der Waals surface area contributed by atoms with Crippen LogP contribution >= 0.6 is 0 Å². The fraction of sp³-hybridized carbons (Fsp3) is 0. The van der Waals surface area contributed by atoms with Crippen molar-refractivity contribution in [3.8, 4) is 0 Å². The molecule has 0 saturated carbocycles. The van der Waals surface area contributed by atoms with E-state index in [4.69, 9.17) is 0 Å². The molecule has 0 saturated heterocycles. The molecule has 13 heteroatoms. The molecule has 0 aliphatic rings. The zero-order valence-corrected chi connectivity index (χ0v) is 7.94. The fourth-order valence-electron chi connectivity index (χ4n) is 0.931. The van der Waals surface area contributed by atoms with E-state index in [0.717, 1.165) is 29.4 Å². The summed E-state index contributed by atoms with van der Waals surface area (Å²) in [5.41, 5.74) is 0. The van der Waals surface area contributed by atoms with Gasteiger partial charge in [-0.2, -0.15) is 9.19 Å². The van der Waals surface area contributed by atoms with E-state index < -0.39 is 21.7 Å². The monoisotopic (exact) mass is 237 g/mol. The Labute approximate surface area is 92.5 Å². The molecule has 0 aliphatic carbocycles. The van der Waals surface area contributed by atoms with E-state index in [9.17, 15) is 20.2 Å². The topological polar surface area (TPSA) is 148 Å². The summed E-state index contributed by atoms with van der Waals surface area (Å²) in [6.07, 6.45) is 2.12. The summed E-state index contributed by atoms with van der Waals surface area (Å²) in [6, 6.07) is 0. The minimum Gasteiger partial charge on any atom is -0.390 e. The van der Waals surface area contributed by atoms with E-state index >= 15 is 0 Å². The van der Waals surface area contributed by atoms with Crippen molar-refractivity contribution in [2.24, 2.45) is 0 Å². The minimum absolute atomic E-state index is 0.587. The number of nitrogens with zero attached hydrogens (tertiary/aromatic N) is 8. The van der Waals surface area contributed by atoms with Crippen molar-refractivity contribution in [2.75, 3.05) is 0 Å². The molecule has 17 heavy (non-hydrogen) atoms. The second-order valence-corrected chi connectivity index (χ2v) is 2.68. The van der Waals surface area contributed by atoms with Gasteiger partial charge in [0.1, 0.15) is 0 Å². The molecule has 12 nitrogen and oxygen atoms in total. The van der Waals surface area contributed by atoms with Crippen molar-refractivity contribution in [1.29, 1.82) is 0 Å². The van der Waals surface area contributed by atoms with Gasteiger partial charge >= 0.3 is 19.4 Å². The van der Waals surface area contributed by atoms with Crippen LogP contribution in [0.1, 0.15) is 0 Å². The van der Waals surface area contributed by atoms with E-state index in [1.54, 1.807) is 0 Å². The van der Waals surface area contributed by atoms with Crippen LogP contribution in [0, 0.1) is 20.2 Å². The molecule has 1 radical (unpaired) electrons. The van der Waals surface area contributed by atoms with Crippen LogP contribution in [0.15, 0.2) is 12.7 Å². The third-order valence-corrected chi connectivity index (χ3v) is 1.56. The molecule has 0 amide bonds. The highest BCUT2D eigenvalue weighted by Crippen LogP contribution is 2.00. The summed E-state index contributed by atoms with van der Waals surface area (Å²) >= 11 is 0. The minimum atomic E-state index is -0.770. The van der Waals surface area contributed by atoms with Gasteiger partial charge < -0.3 is 20.2 Å². The van der Waals surface area contributed by atoms with Gasteiger partial charge in [-0.05, 0) is 9.85 Å². The second-order valence-electron chi connectivity index (χ2n) is 2.68. The molecule has 0 spiro atoms. The van der Waals surface area contributed by atoms with Gasteiger partial charge in [-0.1, -0.05) is 9.97 Å². The third-order valence-electron chi connectivity index (χ3n) is 1.56. The molecule has 2 heterocycles. The molecule has 0 aliphatic heterocycles. The Morgan fingerprint density at radius 2 is 1.41 bits per heavy atom. The Bertz CT molecular complexity index is 525. The normalized spacial score (nSPS) is 10.1. The maximum atomic E-state index is 10.3. The summed E-state index contributed by atoms with van der Waals surface area (Å²) in [4.78, 5) is 25.8. The van der Waals surface area contributed by atoms with Gasteiger partial charge in [0.2, 0.25) is 0 Å². The predicted molar refractivity (Wildman–Crippen MR) is 49.9 cm³/mol. The lowest BCUT2D eigenvalue weighted by Crippen LogP contribution is -2.18. The van der Waals surface area contributed by atoms with Crippen LogP contribution in [0.5, 0.6) is 0 Å². The van der Waals surface area contributed by atoms with Crippen LogP contribution in [0.3, 0.4) is 0 Å². The molecule has 0 atom stereocenters. The first-order valence-corrected chi connectivity index (χ1v) is 4.02. The quantitative estimate of drug-likeness (QED) is 0.358. The van der Waals surface area contributed by atoms with Gasteiger partial charge in [-0.3, -0.25) is 0 Å². The van der Waals surface area contributed by atoms with Gasteiger partial charge in [0.15, 0.2) is 12.7 Å². The fourth-order valence-corrected chi connectivity index (χ4v) is 0.931. The van der Waals surface area contributed by atoms with E-state index in [-0.39, 0.29) is 0 Å². The molecule has 85 valence electrons. The number of hydrogen-bond donors (Lipinski definition) is 0. The lowest BCUT2D eigenvalue weighted by molar-refractivity contribution is -0.394. The maximum absolute atomic E-state index is 10.3. The summed E-state index contributed by atoms with van der Waals surface area (Å²) < 4.78 is 1.97. The van der Waals surface area contributed by atoms with E-state index in [2.05, 4.69) is 20.2 Å². The average molecular weight is 237 g/mol. The lowest BCUT2D eigenvalue weighted by atomic mass is 10.2. The summed E-state index contributed by atoms with van der Waals surface area (Å²) in [5.74, 6) is -1.17. The Hall–Kier alpha value is -2.86. The highest BCUT2D eigenvalue weighted by molar-refractivity contribution is 6.30. The molecule has 2 rings (SSSR count). The highest BCUT2D eigenvalue weighted by Gasteiger charge is 2.19. The number of hydrogen-bond acceptors (Lipinski definition) is 8. The van der Waals surface area contributed by atoms with Crippen molar-refractivity contribution in [2.45, 2.75) is 0 Å². The van der Waals surface area contributed by atoms with Gasteiger partial charge in [0, 0.05) is 10.2 Å². The van der Waals surface area contributed by atoms with Gasteiger partial charge in [-0.15, -0.1) is 0 Å². The third kappa shape index (κ3) is 2.22. The van der Waals surface area contributed by atoms with Crippen molar-refractivity contribution < 1.29 is 9.85 Å². The molecular formula is C4H2BN8O4. The first-order chi connectivity index (χ1) is 8.06. The highest BCUT2D eigenvalue weighted by atomic mass is 16.6. The first-order valence-electron chi connectivity index (χ1n) is 4.02. The molecule has 0 bridgehead atoms. The average Bonchev–Trinajstić information content (AvgIpc) is 2.87. The van der Waals surface area contributed by atoms with Gasteiger partial charge in [-0.25, -0.2) is 0 Å². The molecule has 0 aromatic carbocycles. The summed E-state index contributed by atoms with van der Waals surface area (Å²) in [6.45, 7) is 0. The van der Waals surface area contributed by atoms with Gasteiger partial charge in [0.05, 0.1) is 0 Å². The number of nitro groups is 2. The summed E-state index contributed by atoms with van der Waals surface area (Å²) in [7, 11) is 1.14. The van der Waals surface area contributed by atoms with Crippen LogP contribution in [0.4, 0.5) is 11.9 Å². The van der Waals surface area contributed by atoms with Crippen molar-refractivity contribution in [3.63, 3.8) is 0 Å². The zero-order chi connectivity index (χ0) is 12.4. The Balaban J connectivity index is 2.13. The van der Waals surface area contributed by atoms with Crippen LogP contribution in [-0.2, 0) is 0 Å². The second kappa shape index (κ2) is 3.95. The van der Waals surface area contributed by atoms with Crippen LogP contribution in [0.2, 0.25) is 0 Å². The van der Waals surface area contributed by atoms with E-state index in [0.29, 0.717) is 0 Å². The van der Waals surface area contributed by atoms with E-state index in [1.807, 2.05) is 0 Å². The molecule has 0 fully saturated rings. The molecule has 0 N–H and O–H groups in total. The Kier molecular flexibility index (Phi) is 2.48. The molecule has 2 aromatic rings. The largest absolute Gasteiger partial charge is 0.489 e. The van der Waals surface area contributed by atoms with Crippen molar-refractivity contribution in [1.82, 2.24) is 29.4 Å². The lowest BCUT2D eigenvalue weighted by Gasteiger charge is -1.87. The maximum Gasteiger partial charge on any atom is 0.489 e. The zero-order valence-electron chi connectivity index (χ0n) is 7.94. The standard InChI is InChI=1S/C4H2BN8O4/c14-12(15)3-6-1-10(8-3)5-11-2-7-4(9-11)13(16)17/h1-2H. The van der Waals surface area contributed by atoms with E-state index in [1.165, 1.54) is 0 Å². The number of aromatic nitrogens is 6. The molecule has 2 aromatic heterocycles. The molecular weight excluding hydrogens is 235 g/mol. The predicted octanol–water partition coefficient (Wildman–Crippen LogP) is -1.38. The molecule has 0 unspecified atom stereocenters. The SMILES string of the molecule is O=[N+]([O-])c1ncn([B]n2cnc([N+](=O)[O-])n2)n1. The Morgan fingerprint density at radius 1 is 1.00 bits per heavy atom.